The average Bonchev–Trinajstić information content (AvgIpc) is 2.82. The van der Waals surface area contributed by atoms with Crippen molar-refractivity contribution < 1.29 is 76.9 Å². The number of rotatable bonds is 8. The predicted molar refractivity (Wildman–Crippen MR) is 125 cm³/mol. The number of carboxylic acids is 1. The number of thioether (sulfide) groups is 1. The zero-order valence-corrected chi connectivity index (χ0v) is 23.5. The van der Waals surface area contributed by atoms with Gasteiger partial charge in [0.15, 0.2) is 24.2 Å². The minimum Gasteiger partial charge on any atom is -0.747 e. The monoisotopic (exact) mass is 572 g/mol. The third kappa shape index (κ3) is 6.26. The van der Waals surface area contributed by atoms with Crippen molar-refractivity contribution in [1.29, 1.82) is 0 Å². The smallest absolute Gasteiger partial charge is 0.747 e. The molecule has 16 heteroatoms. The molecule has 0 spiro atoms. The number of hydrogen-bond acceptors (Lipinski definition) is 9. The maximum Gasteiger partial charge on any atom is 1.00 e. The largest absolute Gasteiger partial charge is 1.00 e. The number of fused-ring (bicyclic) bond motifs is 1. The van der Waals surface area contributed by atoms with Crippen LogP contribution in [0, 0.1) is 0 Å². The number of primary amides is 1. The fraction of sp³-hybridized carbons (Fsp3) is 0.227. The number of hydrogen-bond donors (Lipinski definition) is 2. The Hall–Kier alpha value is -2.79. The molecule has 2 aromatic rings. The first-order valence-electron chi connectivity index (χ1n) is 10.5. The summed E-state index contributed by atoms with van der Waals surface area (Å²) in [7, 11) is -5.11. The number of carboxylic acid groups (broad SMARTS) is 1. The number of nitrogens with two attached hydrogens (primary N) is 1. The van der Waals surface area contributed by atoms with Crippen LogP contribution in [0.3, 0.4) is 0 Å². The van der Waals surface area contributed by atoms with E-state index < -0.39 is 50.5 Å². The summed E-state index contributed by atoms with van der Waals surface area (Å²) in [6.07, 6.45) is 3.07. The fourth-order valence-electron chi connectivity index (χ4n) is 4.05. The van der Waals surface area contributed by atoms with Gasteiger partial charge in [-0.15, -0.1) is 11.8 Å². The number of β-lactam (4-membered cyclic amide) rings is 1. The molecule has 2 aliphatic rings. The third-order valence-corrected chi connectivity index (χ3v) is 8.12. The molecule has 3 heterocycles. The molecule has 13 nitrogen and oxygen atoms in total. The molecule has 3 amide bonds. The van der Waals surface area contributed by atoms with Crippen molar-refractivity contribution in [2.75, 3.05) is 5.75 Å². The second-order valence-corrected chi connectivity index (χ2v) is 10.6. The molecule has 0 bridgehead atoms. The van der Waals surface area contributed by atoms with Crippen molar-refractivity contribution in [3.05, 3.63) is 77.3 Å². The molecule has 2 aliphatic heterocycles. The Labute approximate surface area is 243 Å². The van der Waals surface area contributed by atoms with E-state index in [2.05, 4.69) is 5.32 Å². The summed E-state index contributed by atoms with van der Waals surface area (Å²) in [5, 5.41) is 11.3. The van der Waals surface area contributed by atoms with Crippen LogP contribution in [0.1, 0.15) is 21.2 Å². The molecule has 0 radical (unpaired) electrons. The molecule has 5 N–H and O–H groups in total. The van der Waals surface area contributed by atoms with E-state index in [4.69, 9.17) is 5.73 Å². The van der Waals surface area contributed by atoms with Gasteiger partial charge in [-0.25, -0.2) is 13.0 Å². The van der Waals surface area contributed by atoms with Crippen LogP contribution in [-0.2, 0) is 31.0 Å². The summed E-state index contributed by atoms with van der Waals surface area (Å²) < 4.78 is 37.0. The Balaban J connectivity index is 0.00000253. The van der Waals surface area contributed by atoms with E-state index in [9.17, 15) is 37.3 Å². The van der Waals surface area contributed by atoms with Gasteiger partial charge >= 0.3 is 29.6 Å². The van der Waals surface area contributed by atoms with E-state index in [0.717, 1.165) is 16.7 Å². The number of pyridine rings is 1. The van der Waals surface area contributed by atoms with Gasteiger partial charge in [0, 0.05) is 23.5 Å². The topological polar surface area (TPSA) is 225 Å². The van der Waals surface area contributed by atoms with Gasteiger partial charge in [0.25, 0.3) is 5.91 Å². The zero-order valence-electron chi connectivity index (χ0n) is 19.9. The van der Waals surface area contributed by atoms with E-state index >= 15 is 0 Å². The number of aliphatic carboxylic acids is 1. The molecule has 4 rings (SSSR count). The Bertz CT molecular complexity index is 1390. The predicted octanol–water partition coefficient (Wildman–Crippen LogP) is -6.06. The van der Waals surface area contributed by atoms with Crippen molar-refractivity contribution >= 4 is 45.6 Å². The van der Waals surface area contributed by atoms with Crippen LogP contribution in [0.4, 0.5) is 0 Å². The number of carbonyl (C=O) groups excluding carboxylic acids is 4. The van der Waals surface area contributed by atoms with E-state index in [1.165, 1.54) is 48.8 Å². The number of nitrogens with zero attached hydrogens (tertiary/aromatic N) is 2. The zero-order chi connectivity index (χ0) is 26.2. The van der Waals surface area contributed by atoms with Crippen LogP contribution >= 0.6 is 11.8 Å². The maximum atomic E-state index is 12.9. The molecule has 1 saturated heterocycles. The van der Waals surface area contributed by atoms with Crippen molar-refractivity contribution in [3.8, 4) is 0 Å². The van der Waals surface area contributed by atoms with Crippen LogP contribution in [0.15, 0.2) is 66.1 Å². The van der Waals surface area contributed by atoms with E-state index in [-0.39, 0.29) is 64.2 Å². The van der Waals surface area contributed by atoms with Gasteiger partial charge < -0.3 is 31.0 Å². The van der Waals surface area contributed by atoms with E-state index in [1.807, 2.05) is 0 Å². The third-order valence-electron chi connectivity index (χ3n) is 5.72. The summed E-state index contributed by atoms with van der Waals surface area (Å²) in [5.74, 6) is -4.00. The SMILES string of the molecule is NC(=O)c1cc[n+](CC2=C(C(=O)[O-])N3C(=O)[C@@H](NC(=O)C(c4ccccc4)S(=O)(=O)[O-])[C@H]3SC2)cc1.O.[Na+]. The van der Waals surface area contributed by atoms with Crippen LogP contribution in [0.2, 0.25) is 0 Å². The number of amides is 3. The van der Waals surface area contributed by atoms with Gasteiger partial charge in [0.1, 0.15) is 21.5 Å². The summed E-state index contributed by atoms with van der Waals surface area (Å²) >= 11 is 1.16. The average molecular weight is 573 g/mol. The summed E-state index contributed by atoms with van der Waals surface area (Å²) in [6.45, 7) is 0.0768. The summed E-state index contributed by atoms with van der Waals surface area (Å²) in [5.41, 5.74) is 5.44. The summed E-state index contributed by atoms with van der Waals surface area (Å²) in [6, 6.07) is 8.83. The maximum absolute atomic E-state index is 12.9. The van der Waals surface area contributed by atoms with Crippen molar-refractivity contribution in [1.82, 2.24) is 10.2 Å². The molecular formula is C22H21N4NaO9S2. The van der Waals surface area contributed by atoms with Gasteiger partial charge in [-0.3, -0.25) is 19.3 Å². The minimum atomic E-state index is -5.11. The molecule has 3 atom stereocenters. The van der Waals surface area contributed by atoms with E-state index in [0.29, 0.717) is 5.57 Å². The van der Waals surface area contributed by atoms with Crippen molar-refractivity contribution in [2.45, 2.75) is 23.2 Å². The van der Waals surface area contributed by atoms with Crippen LogP contribution in [0.5, 0.6) is 0 Å². The Kier molecular flexibility index (Phi) is 10.2. The Morgan fingerprint density at radius 2 is 1.76 bits per heavy atom. The molecule has 1 aromatic heterocycles. The van der Waals surface area contributed by atoms with Crippen LogP contribution < -0.4 is 50.3 Å². The summed E-state index contributed by atoms with van der Waals surface area (Å²) in [4.78, 5) is 49.8. The normalized spacial score (nSPS) is 19.2. The first-order valence-corrected chi connectivity index (χ1v) is 13.0. The molecule has 1 aromatic carbocycles. The second-order valence-electron chi connectivity index (χ2n) is 8.04. The Morgan fingerprint density at radius 3 is 2.29 bits per heavy atom. The number of benzene rings is 1. The van der Waals surface area contributed by atoms with Crippen molar-refractivity contribution in [3.63, 3.8) is 0 Å². The van der Waals surface area contributed by atoms with Crippen LogP contribution in [-0.4, -0.2) is 64.2 Å². The quantitative estimate of drug-likeness (QED) is 0.133. The molecule has 1 fully saturated rings. The minimum absolute atomic E-state index is 0. The van der Waals surface area contributed by atoms with Gasteiger partial charge in [0.05, 0.1) is 17.2 Å². The fourth-order valence-corrected chi connectivity index (χ4v) is 6.20. The molecule has 38 heavy (non-hydrogen) atoms. The number of carbonyl (C=O) groups is 4. The van der Waals surface area contributed by atoms with Crippen molar-refractivity contribution in [2.24, 2.45) is 5.73 Å². The first-order chi connectivity index (χ1) is 17.0. The van der Waals surface area contributed by atoms with Gasteiger partial charge in [-0.1, -0.05) is 30.3 Å². The molecule has 0 saturated carbocycles. The van der Waals surface area contributed by atoms with Gasteiger partial charge in [-0.05, 0) is 5.56 Å². The number of nitrogens with one attached hydrogen (secondary N) is 1. The van der Waals surface area contributed by atoms with Gasteiger partial charge in [0.2, 0.25) is 11.8 Å². The number of aromatic nitrogens is 1. The molecule has 1 unspecified atom stereocenters. The van der Waals surface area contributed by atoms with E-state index in [1.54, 1.807) is 10.6 Å². The van der Waals surface area contributed by atoms with Crippen LogP contribution in [0.25, 0.3) is 0 Å². The molecule has 0 aliphatic carbocycles. The first kappa shape index (κ1) is 31.4. The second kappa shape index (κ2) is 12.4. The molecule has 196 valence electrons. The standard InChI is InChI=1S/C22H20N4O8S2.Na.H2O/c23-18(27)13-6-8-25(9-7-13)10-14-11-35-21-15(20(29)26(21)16(14)22(30)31)24-19(28)17(36(32,33)34)12-4-2-1-3-5-12;;/h1-9,15,17,21H,10-11H2,(H4-,23,24,27,28,30,31,32,33,34);;1H2/q;+1;/p-1/t15-,17?,21-;;/m1../s1. The Morgan fingerprint density at radius 1 is 1.16 bits per heavy atom. The molecular weight excluding hydrogens is 551 g/mol. The van der Waals surface area contributed by atoms with Gasteiger partial charge in [-0.2, -0.15) is 0 Å².